The summed E-state index contributed by atoms with van der Waals surface area (Å²) in [7, 11) is 2.14. The topological polar surface area (TPSA) is 104 Å². The van der Waals surface area contributed by atoms with E-state index in [4.69, 9.17) is 10.5 Å². The van der Waals surface area contributed by atoms with E-state index >= 15 is 0 Å². The average molecular weight is 528 g/mol. The van der Waals surface area contributed by atoms with E-state index in [1.807, 2.05) is 12.1 Å². The quantitative estimate of drug-likeness (QED) is 0.345. The van der Waals surface area contributed by atoms with Crippen LogP contribution in [0.25, 0.3) is 10.4 Å². The number of amides is 1. The number of nitrogens with zero attached hydrogens (tertiary/aromatic N) is 3. The molecule has 0 spiro atoms. The lowest BCUT2D eigenvalue weighted by atomic mass is 9.96. The highest BCUT2D eigenvalue weighted by atomic mass is 32.1. The molecule has 10 heteroatoms. The number of hydrogen-bond acceptors (Lipinski definition) is 8. The van der Waals surface area contributed by atoms with Crippen LogP contribution in [0.5, 0.6) is 0 Å². The summed E-state index contributed by atoms with van der Waals surface area (Å²) in [5.74, 6) is -0.576. The fourth-order valence-electron chi connectivity index (χ4n) is 4.08. The zero-order valence-corrected chi connectivity index (χ0v) is 22.3. The molecular weight excluding hydrogens is 493 g/mol. The Morgan fingerprint density at radius 1 is 1.22 bits per heavy atom. The first-order valence-electron chi connectivity index (χ1n) is 12.3. The van der Waals surface area contributed by atoms with Gasteiger partial charge in [-0.05, 0) is 50.7 Å². The highest BCUT2D eigenvalue weighted by Gasteiger charge is 2.21. The third-order valence-electron chi connectivity index (χ3n) is 6.38. The first-order valence-corrected chi connectivity index (χ1v) is 13.1. The van der Waals surface area contributed by atoms with Crippen LogP contribution in [0.15, 0.2) is 42.5 Å². The van der Waals surface area contributed by atoms with Crippen molar-refractivity contribution in [3.05, 3.63) is 65.1 Å². The number of benzene rings is 1. The van der Waals surface area contributed by atoms with Crippen molar-refractivity contribution >= 4 is 28.1 Å². The van der Waals surface area contributed by atoms with Gasteiger partial charge in [0.1, 0.15) is 16.6 Å². The van der Waals surface area contributed by atoms with E-state index in [9.17, 15) is 14.3 Å². The van der Waals surface area contributed by atoms with Crippen LogP contribution in [-0.4, -0.2) is 72.2 Å². The molecule has 0 aliphatic carbocycles. The summed E-state index contributed by atoms with van der Waals surface area (Å²) in [6, 6.07) is 11.7. The number of carbonyl (C=O) groups is 1. The molecule has 1 aromatic carbocycles. The van der Waals surface area contributed by atoms with Crippen LogP contribution in [0, 0.1) is 5.82 Å². The summed E-state index contributed by atoms with van der Waals surface area (Å²) in [4.78, 5) is 22.0. The number of rotatable bonds is 10. The Labute approximate surface area is 220 Å². The van der Waals surface area contributed by atoms with E-state index in [2.05, 4.69) is 27.1 Å². The average Bonchev–Trinajstić information content (AvgIpc) is 3.26. The molecule has 198 valence electrons. The fraction of sp³-hybridized carbons (Fsp3) is 0.407. The highest BCUT2D eigenvalue weighted by Crippen LogP contribution is 2.38. The lowest BCUT2D eigenvalue weighted by molar-refractivity contribution is 0.0725. The second kappa shape index (κ2) is 11.7. The van der Waals surface area contributed by atoms with Gasteiger partial charge in [0.05, 0.1) is 30.1 Å². The Morgan fingerprint density at radius 2 is 1.97 bits per heavy atom. The van der Waals surface area contributed by atoms with E-state index in [1.54, 1.807) is 38.1 Å². The first-order chi connectivity index (χ1) is 17.6. The van der Waals surface area contributed by atoms with Crippen LogP contribution < -0.4 is 11.1 Å². The molecule has 4 rings (SSSR count). The molecule has 0 bridgehead atoms. The number of carbonyl (C=O) groups excluding carboxylic acids is 1. The SMILES string of the molecule is CN1CCN(CCOCc2cccc(Nc3sc(-c4ccc(C(C)(C)O)cc4F)cc3C(N)=O)n2)CC1. The molecule has 0 atom stereocenters. The fourth-order valence-corrected chi connectivity index (χ4v) is 5.18. The van der Waals surface area contributed by atoms with E-state index in [-0.39, 0.29) is 5.56 Å². The van der Waals surface area contributed by atoms with Gasteiger partial charge in [-0.15, -0.1) is 11.3 Å². The molecular formula is C27H34FN5O3S. The minimum absolute atomic E-state index is 0.251. The van der Waals surface area contributed by atoms with Crippen LogP contribution in [0.4, 0.5) is 15.2 Å². The third-order valence-corrected chi connectivity index (χ3v) is 7.47. The van der Waals surface area contributed by atoms with Gasteiger partial charge in [-0.25, -0.2) is 9.37 Å². The molecule has 0 unspecified atom stereocenters. The number of thiophene rings is 1. The zero-order chi connectivity index (χ0) is 26.6. The molecule has 1 aliphatic rings. The van der Waals surface area contributed by atoms with Crippen molar-refractivity contribution in [1.82, 2.24) is 14.8 Å². The van der Waals surface area contributed by atoms with Gasteiger partial charge in [-0.1, -0.05) is 18.2 Å². The number of likely N-dealkylation sites (N-methyl/N-ethyl adjacent to an activating group) is 1. The van der Waals surface area contributed by atoms with Crippen molar-refractivity contribution in [2.24, 2.45) is 5.73 Å². The number of aromatic nitrogens is 1. The van der Waals surface area contributed by atoms with Crippen molar-refractivity contribution in [3.8, 4) is 10.4 Å². The number of nitrogens with two attached hydrogens (primary N) is 1. The Morgan fingerprint density at radius 3 is 2.65 bits per heavy atom. The molecule has 2 aromatic heterocycles. The molecule has 37 heavy (non-hydrogen) atoms. The van der Waals surface area contributed by atoms with Crippen molar-refractivity contribution in [2.75, 3.05) is 51.7 Å². The van der Waals surface area contributed by atoms with Crippen molar-refractivity contribution in [1.29, 1.82) is 0 Å². The van der Waals surface area contributed by atoms with Gasteiger partial charge in [0.25, 0.3) is 5.91 Å². The lowest BCUT2D eigenvalue weighted by Gasteiger charge is -2.32. The Bertz CT molecular complexity index is 1240. The van der Waals surface area contributed by atoms with Gasteiger partial charge >= 0.3 is 0 Å². The van der Waals surface area contributed by atoms with Crippen LogP contribution in [-0.2, 0) is 16.9 Å². The largest absolute Gasteiger partial charge is 0.386 e. The van der Waals surface area contributed by atoms with Gasteiger partial charge < -0.3 is 25.8 Å². The van der Waals surface area contributed by atoms with Crippen molar-refractivity contribution in [2.45, 2.75) is 26.1 Å². The van der Waals surface area contributed by atoms with E-state index in [0.717, 1.165) is 38.4 Å². The number of piperazine rings is 1. The molecule has 8 nitrogen and oxygen atoms in total. The van der Waals surface area contributed by atoms with E-state index in [0.29, 0.717) is 40.0 Å². The van der Waals surface area contributed by atoms with Crippen LogP contribution in [0.1, 0.15) is 35.5 Å². The van der Waals surface area contributed by atoms with Gasteiger partial charge in [-0.3, -0.25) is 9.69 Å². The maximum absolute atomic E-state index is 14.9. The van der Waals surface area contributed by atoms with Crippen LogP contribution in [0.3, 0.4) is 0 Å². The Balaban J connectivity index is 1.43. The Kier molecular flexibility index (Phi) is 8.56. The maximum Gasteiger partial charge on any atom is 0.251 e. The normalized spacial score (nSPS) is 15.2. The van der Waals surface area contributed by atoms with Gasteiger partial charge in [-0.2, -0.15) is 0 Å². The maximum atomic E-state index is 14.9. The minimum Gasteiger partial charge on any atom is -0.386 e. The molecule has 3 heterocycles. The van der Waals surface area contributed by atoms with Gasteiger partial charge in [0.15, 0.2) is 0 Å². The summed E-state index contributed by atoms with van der Waals surface area (Å²) in [5, 5.41) is 13.8. The highest BCUT2D eigenvalue weighted by molar-refractivity contribution is 7.19. The number of anilines is 2. The number of pyridine rings is 1. The smallest absolute Gasteiger partial charge is 0.251 e. The standard InChI is InChI=1S/C27H34FN5O3S/c1-27(2,35)18-7-8-20(22(28)15-18)23-16-21(25(29)34)26(37-23)31-24-6-4-5-19(30-24)17-36-14-13-33-11-9-32(3)10-12-33/h4-8,15-16,35H,9-14,17H2,1-3H3,(H2,29,34)(H,30,31). The van der Waals surface area contributed by atoms with E-state index < -0.39 is 17.3 Å². The predicted octanol–water partition coefficient (Wildman–Crippen LogP) is 3.78. The molecule has 0 radical (unpaired) electrons. The zero-order valence-electron chi connectivity index (χ0n) is 21.5. The first kappa shape index (κ1) is 27.2. The van der Waals surface area contributed by atoms with Gasteiger partial charge in [0, 0.05) is 43.2 Å². The molecule has 1 fully saturated rings. The third kappa shape index (κ3) is 7.12. The van der Waals surface area contributed by atoms with Crippen molar-refractivity contribution in [3.63, 3.8) is 0 Å². The Hall–Kier alpha value is -2.89. The molecule has 0 saturated carbocycles. The number of halogens is 1. The molecule has 1 amide bonds. The monoisotopic (exact) mass is 527 g/mol. The number of hydrogen-bond donors (Lipinski definition) is 3. The lowest BCUT2D eigenvalue weighted by Crippen LogP contribution is -2.45. The number of nitrogens with one attached hydrogen (secondary N) is 1. The summed E-state index contributed by atoms with van der Waals surface area (Å²) in [6.07, 6.45) is 0. The molecule has 1 saturated heterocycles. The van der Waals surface area contributed by atoms with E-state index in [1.165, 1.54) is 17.4 Å². The van der Waals surface area contributed by atoms with Crippen LogP contribution in [0.2, 0.25) is 0 Å². The van der Waals surface area contributed by atoms with Crippen LogP contribution >= 0.6 is 11.3 Å². The summed E-state index contributed by atoms with van der Waals surface area (Å²) in [6.45, 7) is 9.34. The summed E-state index contributed by atoms with van der Waals surface area (Å²) < 4.78 is 20.7. The number of aliphatic hydroxyl groups is 1. The van der Waals surface area contributed by atoms with Gasteiger partial charge in [0.2, 0.25) is 0 Å². The van der Waals surface area contributed by atoms with Crippen molar-refractivity contribution < 1.29 is 19.0 Å². The predicted molar refractivity (Wildman–Crippen MR) is 145 cm³/mol. The number of primary amides is 1. The number of ether oxygens (including phenoxy) is 1. The second-order valence-electron chi connectivity index (χ2n) is 9.81. The molecule has 1 aliphatic heterocycles. The minimum atomic E-state index is -1.16. The second-order valence-corrected chi connectivity index (χ2v) is 10.9. The summed E-state index contributed by atoms with van der Waals surface area (Å²) in [5.41, 5.74) is 6.25. The molecule has 3 aromatic rings. The molecule has 4 N–H and O–H groups in total. The summed E-state index contributed by atoms with van der Waals surface area (Å²) >= 11 is 1.21.